The average molecular weight is 317 g/mol. The third-order valence-corrected chi connectivity index (χ3v) is 3.46. The standard InChI is InChI=1S/C13H14F3N3O3/c1-12(13(14,15)16)4-2-9(22-12)11(21)19-7-3-5-18-8(6-7)10(17)20/h3,5-6,9H,2,4H2,1H3,(H2,17,20)(H,18,19,21)/t9-,12-/m1/s1. The van der Waals surface area contributed by atoms with Gasteiger partial charge in [0.25, 0.3) is 11.8 Å². The van der Waals surface area contributed by atoms with Gasteiger partial charge in [-0.1, -0.05) is 0 Å². The van der Waals surface area contributed by atoms with E-state index in [1.807, 2.05) is 0 Å². The van der Waals surface area contributed by atoms with Crippen LogP contribution in [0.5, 0.6) is 0 Å². The molecule has 2 atom stereocenters. The zero-order valence-corrected chi connectivity index (χ0v) is 11.6. The number of primary amides is 1. The number of nitrogens with one attached hydrogen (secondary N) is 1. The number of carbonyl (C=O) groups is 2. The first kappa shape index (κ1) is 16.2. The lowest BCUT2D eigenvalue weighted by Crippen LogP contribution is -2.43. The number of amides is 2. The molecule has 1 aliphatic heterocycles. The quantitative estimate of drug-likeness (QED) is 0.885. The number of rotatable bonds is 3. The zero-order chi connectivity index (χ0) is 16.5. The van der Waals surface area contributed by atoms with Crippen LogP contribution in [-0.4, -0.2) is 34.7 Å². The van der Waals surface area contributed by atoms with Crippen LogP contribution in [0, 0.1) is 0 Å². The summed E-state index contributed by atoms with van der Waals surface area (Å²) < 4.78 is 43.4. The van der Waals surface area contributed by atoms with Crippen LogP contribution in [0.2, 0.25) is 0 Å². The molecule has 0 spiro atoms. The minimum absolute atomic E-state index is 0.0460. The lowest BCUT2D eigenvalue weighted by Gasteiger charge is -2.27. The second-order valence-corrected chi connectivity index (χ2v) is 5.16. The van der Waals surface area contributed by atoms with Gasteiger partial charge in [0, 0.05) is 11.9 Å². The van der Waals surface area contributed by atoms with E-state index in [2.05, 4.69) is 10.3 Å². The lowest BCUT2D eigenvalue weighted by molar-refractivity contribution is -0.261. The van der Waals surface area contributed by atoms with Crippen LogP contribution in [0.4, 0.5) is 18.9 Å². The van der Waals surface area contributed by atoms with Crippen molar-refractivity contribution in [3.8, 4) is 0 Å². The van der Waals surface area contributed by atoms with Crippen molar-refractivity contribution in [2.24, 2.45) is 5.73 Å². The molecular formula is C13H14F3N3O3. The molecule has 2 heterocycles. The number of ether oxygens (including phenoxy) is 1. The maximum Gasteiger partial charge on any atom is 0.417 e. The normalized spacial score (nSPS) is 25.0. The highest BCUT2D eigenvalue weighted by molar-refractivity contribution is 5.96. The monoisotopic (exact) mass is 317 g/mol. The van der Waals surface area contributed by atoms with E-state index in [0.717, 1.165) is 6.92 Å². The summed E-state index contributed by atoms with van der Waals surface area (Å²) in [4.78, 5) is 26.7. The summed E-state index contributed by atoms with van der Waals surface area (Å²) in [6.45, 7) is 0.915. The Morgan fingerprint density at radius 1 is 1.50 bits per heavy atom. The van der Waals surface area contributed by atoms with Gasteiger partial charge in [0.1, 0.15) is 11.8 Å². The van der Waals surface area contributed by atoms with E-state index < -0.39 is 29.7 Å². The molecule has 1 fully saturated rings. The number of alkyl halides is 3. The van der Waals surface area contributed by atoms with Crippen molar-refractivity contribution >= 4 is 17.5 Å². The average Bonchev–Trinajstić information content (AvgIpc) is 2.83. The molecule has 22 heavy (non-hydrogen) atoms. The first-order valence-corrected chi connectivity index (χ1v) is 6.44. The number of nitrogens with two attached hydrogens (primary N) is 1. The molecule has 0 bridgehead atoms. The fourth-order valence-electron chi connectivity index (χ4n) is 2.10. The van der Waals surface area contributed by atoms with E-state index in [1.165, 1.54) is 18.3 Å². The molecular weight excluding hydrogens is 303 g/mol. The van der Waals surface area contributed by atoms with Gasteiger partial charge >= 0.3 is 6.18 Å². The molecule has 9 heteroatoms. The molecule has 0 aliphatic carbocycles. The third kappa shape index (κ3) is 3.19. The SMILES string of the molecule is C[C@]1(C(F)(F)F)CC[C@H](C(=O)Nc2ccnc(C(N)=O)c2)O1. The minimum atomic E-state index is -4.54. The molecule has 0 saturated carbocycles. The molecule has 3 N–H and O–H groups in total. The van der Waals surface area contributed by atoms with E-state index in [1.54, 1.807) is 0 Å². The Bertz CT molecular complexity index is 606. The highest BCUT2D eigenvalue weighted by atomic mass is 19.4. The molecule has 0 aromatic carbocycles. The Labute approximate surface area is 123 Å². The van der Waals surface area contributed by atoms with Gasteiger partial charge in [-0.25, -0.2) is 0 Å². The van der Waals surface area contributed by atoms with Crippen molar-refractivity contribution < 1.29 is 27.5 Å². The number of halogens is 3. The van der Waals surface area contributed by atoms with Crippen LogP contribution < -0.4 is 11.1 Å². The van der Waals surface area contributed by atoms with E-state index in [9.17, 15) is 22.8 Å². The Morgan fingerprint density at radius 3 is 2.73 bits per heavy atom. The Hall–Kier alpha value is -2.16. The van der Waals surface area contributed by atoms with E-state index in [-0.39, 0.29) is 24.2 Å². The summed E-state index contributed by atoms with van der Waals surface area (Å²) in [5.41, 5.74) is 2.87. The maximum absolute atomic E-state index is 12.8. The van der Waals surface area contributed by atoms with Gasteiger partial charge in [0.15, 0.2) is 5.60 Å². The van der Waals surface area contributed by atoms with Crippen molar-refractivity contribution in [2.75, 3.05) is 5.32 Å². The van der Waals surface area contributed by atoms with Crippen molar-refractivity contribution in [1.82, 2.24) is 4.98 Å². The summed E-state index contributed by atoms with van der Waals surface area (Å²) in [7, 11) is 0. The second-order valence-electron chi connectivity index (χ2n) is 5.16. The second kappa shape index (κ2) is 5.56. The van der Waals surface area contributed by atoms with Crippen molar-refractivity contribution in [1.29, 1.82) is 0 Å². The van der Waals surface area contributed by atoms with E-state index in [0.29, 0.717) is 0 Å². The number of hydrogen-bond donors (Lipinski definition) is 2. The number of nitrogens with zero attached hydrogens (tertiary/aromatic N) is 1. The summed E-state index contributed by atoms with van der Waals surface area (Å²) >= 11 is 0. The molecule has 2 rings (SSSR count). The van der Waals surface area contributed by atoms with Crippen LogP contribution in [-0.2, 0) is 9.53 Å². The first-order valence-electron chi connectivity index (χ1n) is 6.44. The molecule has 1 aromatic rings. The number of carbonyl (C=O) groups excluding carboxylic acids is 2. The predicted octanol–water partition coefficient (Wildman–Crippen LogP) is 1.62. The number of pyridine rings is 1. The molecule has 1 saturated heterocycles. The van der Waals surface area contributed by atoms with Crippen LogP contribution in [0.15, 0.2) is 18.3 Å². The van der Waals surface area contributed by atoms with Gasteiger partial charge in [-0.05, 0) is 31.9 Å². The lowest BCUT2D eigenvalue weighted by atomic mass is 10.0. The van der Waals surface area contributed by atoms with Crippen molar-refractivity contribution in [2.45, 2.75) is 37.6 Å². The van der Waals surface area contributed by atoms with Crippen molar-refractivity contribution in [3.63, 3.8) is 0 Å². The molecule has 6 nitrogen and oxygen atoms in total. The predicted molar refractivity (Wildman–Crippen MR) is 70.0 cm³/mol. The summed E-state index contributed by atoms with van der Waals surface area (Å²) in [6, 6.07) is 2.63. The highest BCUT2D eigenvalue weighted by Crippen LogP contribution is 2.43. The summed E-state index contributed by atoms with van der Waals surface area (Å²) in [5, 5.41) is 2.39. The van der Waals surface area contributed by atoms with Gasteiger partial charge in [-0.3, -0.25) is 14.6 Å². The Balaban J connectivity index is 2.05. The molecule has 1 aromatic heterocycles. The van der Waals surface area contributed by atoms with Gasteiger partial charge in [0.2, 0.25) is 0 Å². The Morgan fingerprint density at radius 2 is 2.18 bits per heavy atom. The Kier molecular flexibility index (Phi) is 4.10. The fourth-order valence-corrected chi connectivity index (χ4v) is 2.10. The maximum atomic E-state index is 12.8. The van der Waals surface area contributed by atoms with Crippen molar-refractivity contribution in [3.05, 3.63) is 24.0 Å². The molecule has 0 unspecified atom stereocenters. The highest BCUT2D eigenvalue weighted by Gasteiger charge is 2.57. The number of aromatic nitrogens is 1. The van der Waals surface area contributed by atoms with Gasteiger partial charge in [0.05, 0.1) is 0 Å². The summed E-state index contributed by atoms with van der Waals surface area (Å²) in [5.74, 6) is -1.49. The largest absolute Gasteiger partial charge is 0.417 e. The number of anilines is 1. The topological polar surface area (TPSA) is 94.3 Å². The van der Waals surface area contributed by atoms with Gasteiger partial charge in [-0.15, -0.1) is 0 Å². The van der Waals surface area contributed by atoms with E-state index >= 15 is 0 Å². The third-order valence-electron chi connectivity index (χ3n) is 3.46. The minimum Gasteiger partial charge on any atom is -0.364 e. The van der Waals surface area contributed by atoms with Crippen LogP contribution >= 0.6 is 0 Å². The smallest absolute Gasteiger partial charge is 0.364 e. The first-order chi connectivity index (χ1) is 10.1. The van der Waals surface area contributed by atoms with Gasteiger partial charge in [-0.2, -0.15) is 13.2 Å². The zero-order valence-electron chi connectivity index (χ0n) is 11.6. The fraction of sp³-hybridized carbons (Fsp3) is 0.462. The van der Waals surface area contributed by atoms with E-state index in [4.69, 9.17) is 10.5 Å². The molecule has 2 amide bonds. The van der Waals surface area contributed by atoms with Crippen LogP contribution in [0.25, 0.3) is 0 Å². The number of hydrogen-bond acceptors (Lipinski definition) is 4. The van der Waals surface area contributed by atoms with Crippen LogP contribution in [0.3, 0.4) is 0 Å². The molecule has 120 valence electrons. The molecule has 0 radical (unpaired) electrons. The summed E-state index contributed by atoms with van der Waals surface area (Å²) in [6.07, 6.45) is -4.84. The van der Waals surface area contributed by atoms with Crippen LogP contribution in [0.1, 0.15) is 30.3 Å². The molecule has 1 aliphatic rings. The van der Waals surface area contributed by atoms with Gasteiger partial charge < -0.3 is 15.8 Å².